The van der Waals surface area contributed by atoms with Crippen LogP contribution in [0.2, 0.25) is 5.02 Å². The molecule has 0 aliphatic rings. The van der Waals surface area contributed by atoms with Gasteiger partial charge in [0.25, 0.3) is 0 Å². The van der Waals surface area contributed by atoms with Gasteiger partial charge in [-0.05, 0) is 23.8 Å². The summed E-state index contributed by atoms with van der Waals surface area (Å²) in [7, 11) is 0. The van der Waals surface area contributed by atoms with E-state index in [1.165, 1.54) is 12.3 Å². The zero-order chi connectivity index (χ0) is 12.3. The van der Waals surface area contributed by atoms with Crippen molar-refractivity contribution in [2.45, 2.75) is 6.42 Å². The van der Waals surface area contributed by atoms with Gasteiger partial charge in [0.2, 0.25) is 0 Å². The zero-order valence-corrected chi connectivity index (χ0v) is 9.55. The highest BCUT2D eigenvalue weighted by molar-refractivity contribution is 6.30. The Balaban J connectivity index is 2.21. The van der Waals surface area contributed by atoms with E-state index in [2.05, 4.69) is 9.97 Å². The molecule has 0 saturated heterocycles. The van der Waals surface area contributed by atoms with Gasteiger partial charge in [0, 0.05) is 17.6 Å². The van der Waals surface area contributed by atoms with Crippen LogP contribution in [0.4, 0.5) is 0 Å². The summed E-state index contributed by atoms with van der Waals surface area (Å²) in [5.41, 5.74) is 0.987. The highest BCUT2D eigenvalue weighted by Gasteiger charge is 2.06. The zero-order valence-electron chi connectivity index (χ0n) is 8.80. The predicted molar refractivity (Wildman–Crippen MR) is 63.2 cm³/mol. The van der Waals surface area contributed by atoms with E-state index >= 15 is 0 Å². The molecule has 1 N–H and O–H groups in total. The van der Waals surface area contributed by atoms with Gasteiger partial charge in [-0.2, -0.15) is 0 Å². The number of aromatic carboxylic acids is 1. The van der Waals surface area contributed by atoms with Gasteiger partial charge < -0.3 is 5.11 Å². The van der Waals surface area contributed by atoms with Gasteiger partial charge >= 0.3 is 5.97 Å². The van der Waals surface area contributed by atoms with Crippen LogP contribution < -0.4 is 0 Å². The normalized spacial score (nSPS) is 10.2. The van der Waals surface area contributed by atoms with E-state index < -0.39 is 5.97 Å². The summed E-state index contributed by atoms with van der Waals surface area (Å²) in [4.78, 5) is 18.7. The molecule has 1 aromatic carbocycles. The highest BCUT2D eigenvalue weighted by atomic mass is 35.5. The fourth-order valence-corrected chi connectivity index (χ4v) is 1.51. The number of nitrogens with zero attached hydrogens (tertiary/aromatic N) is 2. The van der Waals surface area contributed by atoms with Crippen LogP contribution in [0.1, 0.15) is 21.9 Å². The fourth-order valence-electron chi connectivity index (χ4n) is 1.39. The Morgan fingerprint density at radius 3 is 2.59 bits per heavy atom. The number of halogens is 1. The van der Waals surface area contributed by atoms with Crippen molar-refractivity contribution in [2.75, 3.05) is 0 Å². The number of aromatic nitrogens is 2. The van der Waals surface area contributed by atoms with Gasteiger partial charge in [-0.1, -0.05) is 23.7 Å². The quantitative estimate of drug-likeness (QED) is 0.906. The van der Waals surface area contributed by atoms with Crippen molar-refractivity contribution >= 4 is 17.6 Å². The van der Waals surface area contributed by atoms with Crippen LogP contribution in [-0.4, -0.2) is 21.0 Å². The monoisotopic (exact) mass is 248 g/mol. The standard InChI is InChI=1S/C12H9ClN2O2/c13-9-3-1-8(2-4-9)7-11-14-6-5-10(15-11)12(16)17/h1-6H,7H2,(H,16,17). The molecular weight excluding hydrogens is 240 g/mol. The Morgan fingerprint density at radius 2 is 1.94 bits per heavy atom. The van der Waals surface area contributed by atoms with Crippen molar-refractivity contribution < 1.29 is 9.90 Å². The lowest BCUT2D eigenvalue weighted by Crippen LogP contribution is -2.05. The number of benzene rings is 1. The van der Waals surface area contributed by atoms with Crippen LogP contribution in [0.25, 0.3) is 0 Å². The number of carbonyl (C=O) groups is 1. The van der Waals surface area contributed by atoms with Crippen LogP contribution in [0.5, 0.6) is 0 Å². The van der Waals surface area contributed by atoms with Gasteiger partial charge in [0.1, 0.15) is 5.82 Å². The van der Waals surface area contributed by atoms with E-state index in [9.17, 15) is 4.79 Å². The van der Waals surface area contributed by atoms with Crippen molar-refractivity contribution in [1.82, 2.24) is 9.97 Å². The Labute approximate surface area is 103 Å². The van der Waals surface area contributed by atoms with Gasteiger partial charge in [-0.25, -0.2) is 14.8 Å². The van der Waals surface area contributed by atoms with Crippen molar-refractivity contribution in [3.05, 3.63) is 58.6 Å². The molecule has 0 bridgehead atoms. The van der Waals surface area contributed by atoms with Crippen molar-refractivity contribution in [3.8, 4) is 0 Å². The summed E-state index contributed by atoms with van der Waals surface area (Å²) in [6, 6.07) is 8.64. The van der Waals surface area contributed by atoms with E-state index in [-0.39, 0.29) is 5.69 Å². The molecule has 4 nitrogen and oxygen atoms in total. The Hall–Kier alpha value is -1.94. The van der Waals surface area contributed by atoms with Crippen molar-refractivity contribution in [3.63, 3.8) is 0 Å². The van der Waals surface area contributed by atoms with Gasteiger partial charge in [0.15, 0.2) is 5.69 Å². The number of rotatable bonds is 3. The largest absolute Gasteiger partial charge is 0.477 e. The first-order chi connectivity index (χ1) is 8.15. The molecule has 0 amide bonds. The second-order valence-electron chi connectivity index (χ2n) is 3.47. The Bertz CT molecular complexity index is 540. The third-order valence-electron chi connectivity index (χ3n) is 2.20. The molecule has 17 heavy (non-hydrogen) atoms. The topological polar surface area (TPSA) is 63.1 Å². The van der Waals surface area contributed by atoms with E-state index in [4.69, 9.17) is 16.7 Å². The third kappa shape index (κ3) is 3.01. The first-order valence-electron chi connectivity index (χ1n) is 4.95. The lowest BCUT2D eigenvalue weighted by Gasteiger charge is -2.01. The molecule has 2 rings (SSSR count). The van der Waals surface area contributed by atoms with Crippen LogP contribution in [0.3, 0.4) is 0 Å². The number of carboxylic acids is 1. The maximum absolute atomic E-state index is 10.7. The Kier molecular flexibility index (Phi) is 3.35. The van der Waals surface area contributed by atoms with Crippen LogP contribution in [-0.2, 0) is 6.42 Å². The fraction of sp³-hybridized carbons (Fsp3) is 0.0833. The maximum Gasteiger partial charge on any atom is 0.354 e. The SMILES string of the molecule is O=C(O)c1ccnc(Cc2ccc(Cl)cc2)n1. The summed E-state index contributed by atoms with van der Waals surface area (Å²) in [5.74, 6) is -0.572. The molecule has 0 atom stereocenters. The van der Waals surface area contributed by atoms with E-state index in [1.807, 2.05) is 12.1 Å². The minimum Gasteiger partial charge on any atom is -0.477 e. The minimum absolute atomic E-state index is 0.00367. The number of carboxylic acid groups (broad SMARTS) is 1. The molecule has 0 aliphatic carbocycles. The molecule has 86 valence electrons. The second-order valence-corrected chi connectivity index (χ2v) is 3.90. The number of hydrogen-bond acceptors (Lipinski definition) is 3. The molecule has 0 fully saturated rings. The maximum atomic E-state index is 10.7. The van der Waals surface area contributed by atoms with Crippen molar-refractivity contribution in [1.29, 1.82) is 0 Å². The summed E-state index contributed by atoms with van der Waals surface area (Å²) in [6.45, 7) is 0. The molecule has 2 aromatic rings. The first kappa shape index (κ1) is 11.5. The minimum atomic E-state index is -1.05. The number of hydrogen-bond donors (Lipinski definition) is 1. The summed E-state index contributed by atoms with van der Waals surface area (Å²) >= 11 is 5.77. The molecule has 1 aromatic heterocycles. The van der Waals surface area contributed by atoms with E-state index in [1.54, 1.807) is 12.1 Å². The predicted octanol–water partition coefficient (Wildman–Crippen LogP) is 2.42. The Morgan fingerprint density at radius 1 is 1.24 bits per heavy atom. The molecule has 0 spiro atoms. The smallest absolute Gasteiger partial charge is 0.354 e. The van der Waals surface area contributed by atoms with Crippen LogP contribution in [0.15, 0.2) is 36.5 Å². The van der Waals surface area contributed by atoms with Gasteiger partial charge in [-0.3, -0.25) is 0 Å². The molecule has 0 aliphatic heterocycles. The molecule has 1 heterocycles. The first-order valence-corrected chi connectivity index (χ1v) is 5.32. The summed E-state index contributed by atoms with van der Waals surface area (Å²) < 4.78 is 0. The van der Waals surface area contributed by atoms with E-state index in [0.29, 0.717) is 17.3 Å². The highest BCUT2D eigenvalue weighted by Crippen LogP contribution is 2.11. The summed E-state index contributed by atoms with van der Waals surface area (Å²) in [5, 5.41) is 9.47. The third-order valence-corrected chi connectivity index (χ3v) is 2.45. The summed E-state index contributed by atoms with van der Waals surface area (Å²) in [6.07, 6.45) is 1.93. The lowest BCUT2D eigenvalue weighted by atomic mass is 10.1. The van der Waals surface area contributed by atoms with Crippen molar-refractivity contribution in [2.24, 2.45) is 0 Å². The lowest BCUT2D eigenvalue weighted by molar-refractivity contribution is 0.0690. The van der Waals surface area contributed by atoms with Gasteiger partial charge in [-0.15, -0.1) is 0 Å². The second kappa shape index (κ2) is 4.93. The molecule has 0 unspecified atom stereocenters. The average molecular weight is 249 g/mol. The molecular formula is C12H9ClN2O2. The van der Waals surface area contributed by atoms with Crippen LogP contribution in [0, 0.1) is 0 Å². The molecule has 5 heteroatoms. The molecule has 0 radical (unpaired) electrons. The van der Waals surface area contributed by atoms with E-state index in [0.717, 1.165) is 5.56 Å². The average Bonchev–Trinajstić information content (AvgIpc) is 2.32. The molecule has 0 saturated carbocycles. The van der Waals surface area contributed by atoms with Gasteiger partial charge in [0.05, 0.1) is 0 Å². The van der Waals surface area contributed by atoms with Crippen LogP contribution >= 0.6 is 11.6 Å².